The predicted octanol–water partition coefficient (Wildman–Crippen LogP) is 2.25. The average molecular weight is 431 g/mol. The maximum absolute atomic E-state index is 3.44. The topological polar surface area (TPSA) is 0 Å². The van der Waals surface area contributed by atoms with Gasteiger partial charge in [0, 0.05) is 10.0 Å². The summed E-state index contributed by atoms with van der Waals surface area (Å²) in [5, 5.41) is 2.22. The van der Waals surface area contributed by atoms with Crippen molar-refractivity contribution < 1.29 is 24.0 Å². The van der Waals surface area contributed by atoms with E-state index in [4.69, 9.17) is 0 Å². The van der Waals surface area contributed by atoms with Crippen LogP contribution in [-0.2, 0) is 0 Å². The molecule has 0 N–H and O–H groups in total. The van der Waals surface area contributed by atoms with Gasteiger partial charge in [0.25, 0.3) is 0 Å². The van der Waals surface area contributed by atoms with Crippen molar-refractivity contribution in [2.24, 2.45) is 0 Å². The van der Waals surface area contributed by atoms with Crippen molar-refractivity contribution in [3.05, 3.63) is 34.1 Å². The highest BCUT2D eigenvalue weighted by Gasteiger charge is 2.13. The van der Waals surface area contributed by atoms with Gasteiger partial charge in [0.15, 0.2) is 4.88 Å². The van der Waals surface area contributed by atoms with E-state index < -0.39 is 0 Å². The maximum atomic E-state index is 3.44. The number of benzene rings is 1. The lowest BCUT2D eigenvalue weighted by Gasteiger charge is -1.91. The fraction of sp³-hybridized carbons (Fsp3) is 0.100. The predicted molar refractivity (Wildman–Crippen MR) is 71.5 cm³/mol. The molecule has 1 aromatic carbocycles. The summed E-state index contributed by atoms with van der Waals surface area (Å²) in [6.07, 6.45) is 2.12. The van der Waals surface area contributed by atoms with Crippen LogP contribution in [0.15, 0.2) is 37.6 Å². The van der Waals surface area contributed by atoms with Crippen LogP contribution in [0.4, 0.5) is 0 Å². The second-order valence-electron chi connectivity index (χ2n) is 2.66. The summed E-state index contributed by atoms with van der Waals surface area (Å²) in [4.78, 5) is 1.35. The molecule has 0 atom stereocenters. The standard InChI is InChI=1S/C10H8BrS3.HI/c1-12-10-13-6-9(14-10)7-2-4-8(11)5-3-7;/h2-6H,1H3;1H/q+1;/p-1. The highest BCUT2D eigenvalue weighted by Crippen LogP contribution is 2.36. The molecule has 0 radical (unpaired) electrons. The third-order valence-corrected chi connectivity index (χ3v) is 6.13. The van der Waals surface area contributed by atoms with E-state index in [2.05, 4.69) is 51.8 Å². The molecule has 0 fully saturated rings. The Morgan fingerprint density at radius 1 is 1.27 bits per heavy atom. The minimum absolute atomic E-state index is 0. The quantitative estimate of drug-likeness (QED) is 0.400. The zero-order valence-electron chi connectivity index (χ0n) is 7.87. The van der Waals surface area contributed by atoms with Crippen LogP contribution in [0.1, 0.15) is 0 Å². The van der Waals surface area contributed by atoms with Gasteiger partial charge in [-0.3, -0.25) is 0 Å². The monoisotopic (exact) mass is 430 g/mol. The van der Waals surface area contributed by atoms with Crippen molar-refractivity contribution in [3.8, 4) is 10.4 Å². The van der Waals surface area contributed by atoms with Crippen LogP contribution in [0, 0.1) is 0 Å². The molecule has 15 heavy (non-hydrogen) atoms. The SMILES string of the molecule is CSc1sc(-c2ccc(Br)cc2)c[s+]1.[I-]. The second-order valence-corrected chi connectivity index (χ2v) is 7.10. The van der Waals surface area contributed by atoms with Crippen molar-refractivity contribution in [1.82, 2.24) is 0 Å². The van der Waals surface area contributed by atoms with Crippen LogP contribution in [0.3, 0.4) is 0 Å². The summed E-state index contributed by atoms with van der Waals surface area (Å²) < 4.78 is 2.54. The Morgan fingerprint density at radius 3 is 2.47 bits per heavy atom. The molecule has 0 saturated carbocycles. The Hall–Kier alpha value is 0.830. The van der Waals surface area contributed by atoms with E-state index in [9.17, 15) is 0 Å². The molecular weight excluding hydrogens is 423 g/mol. The summed E-state index contributed by atoms with van der Waals surface area (Å²) in [6.45, 7) is 0. The Kier molecular flexibility index (Phi) is 6.06. The molecule has 2 rings (SSSR count). The fourth-order valence-corrected chi connectivity index (χ4v) is 4.18. The first-order valence-electron chi connectivity index (χ1n) is 4.01. The highest BCUT2D eigenvalue weighted by atomic mass is 127. The molecule has 0 nitrogen and oxygen atoms in total. The van der Waals surface area contributed by atoms with Gasteiger partial charge in [-0.2, -0.15) is 0 Å². The maximum Gasteiger partial charge on any atom is 0.312 e. The van der Waals surface area contributed by atoms with Gasteiger partial charge in [-0.1, -0.05) is 39.8 Å². The zero-order chi connectivity index (χ0) is 9.97. The third-order valence-electron chi connectivity index (χ3n) is 1.75. The van der Waals surface area contributed by atoms with Gasteiger partial charge in [-0.05, 0) is 18.4 Å². The van der Waals surface area contributed by atoms with Gasteiger partial charge in [-0.15, -0.1) is 0 Å². The van der Waals surface area contributed by atoms with E-state index in [0.29, 0.717) is 0 Å². The van der Waals surface area contributed by atoms with Gasteiger partial charge in [0.05, 0.1) is 11.3 Å². The minimum Gasteiger partial charge on any atom is -1.00 e. The van der Waals surface area contributed by atoms with Gasteiger partial charge < -0.3 is 24.0 Å². The van der Waals surface area contributed by atoms with E-state index >= 15 is 0 Å². The van der Waals surface area contributed by atoms with E-state index in [-0.39, 0.29) is 24.0 Å². The highest BCUT2D eigenvalue weighted by molar-refractivity contribution is 9.10. The second kappa shape index (κ2) is 6.54. The van der Waals surface area contributed by atoms with Gasteiger partial charge in [-0.25, -0.2) is 0 Å². The smallest absolute Gasteiger partial charge is 0.312 e. The molecule has 1 aromatic heterocycles. The largest absolute Gasteiger partial charge is 1.00 e. The number of halogens is 2. The first-order valence-corrected chi connectivity index (χ1v) is 7.72. The molecular formula is C10H8BrIS3. The molecule has 80 valence electrons. The number of thioether (sulfide) groups is 1. The normalized spacial score (nSPS) is 9.73. The lowest BCUT2D eigenvalue weighted by Crippen LogP contribution is -3.00. The first-order chi connectivity index (χ1) is 6.79. The summed E-state index contributed by atoms with van der Waals surface area (Å²) in [6, 6.07) is 8.45. The number of rotatable bonds is 2. The summed E-state index contributed by atoms with van der Waals surface area (Å²) in [5.41, 5.74) is 1.30. The molecule has 1 heterocycles. The molecule has 0 unspecified atom stereocenters. The van der Waals surface area contributed by atoms with E-state index in [1.807, 2.05) is 34.4 Å². The lowest BCUT2D eigenvalue weighted by atomic mass is 10.2. The Bertz CT molecular complexity index is 424. The van der Waals surface area contributed by atoms with E-state index in [1.165, 1.54) is 14.0 Å². The van der Waals surface area contributed by atoms with Crippen molar-refractivity contribution in [2.75, 3.05) is 6.26 Å². The minimum atomic E-state index is 0. The Morgan fingerprint density at radius 2 is 1.93 bits per heavy atom. The van der Waals surface area contributed by atoms with Gasteiger partial charge in [0.2, 0.25) is 0 Å². The zero-order valence-corrected chi connectivity index (χ0v) is 14.1. The van der Waals surface area contributed by atoms with Crippen molar-refractivity contribution in [1.29, 1.82) is 0 Å². The van der Waals surface area contributed by atoms with E-state index in [1.54, 1.807) is 0 Å². The average Bonchev–Trinajstić information content (AvgIpc) is 2.67. The Labute approximate surface area is 127 Å². The third kappa shape index (κ3) is 3.66. The van der Waals surface area contributed by atoms with Crippen molar-refractivity contribution in [3.63, 3.8) is 0 Å². The summed E-state index contributed by atoms with van der Waals surface area (Å²) in [5.74, 6) is 0. The number of hydrogen-bond acceptors (Lipinski definition) is 2. The lowest BCUT2D eigenvalue weighted by molar-refractivity contribution is -0.00000250. The van der Waals surface area contributed by atoms with Crippen LogP contribution in [0.25, 0.3) is 10.4 Å². The molecule has 0 amide bonds. The molecule has 0 aliphatic rings. The summed E-state index contributed by atoms with van der Waals surface area (Å²) >= 11 is 8.93. The fourth-order valence-electron chi connectivity index (χ4n) is 1.07. The molecule has 0 aliphatic carbocycles. The molecule has 0 bridgehead atoms. The molecule has 0 saturated heterocycles. The van der Waals surface area contributed by atoms with E-state index in [0.717, 1.165) is 4.47 Å². The summed E-state index contributed by atoms with van der Waals surface area (Å²) in [7, 11) is 0. The molecule has 2 aromatic rings. The molecule has 0 aliphatic heterocycles. The van der Waals surface area contributed by atoms with Crippen LogP contribution in [0.5, 0.6) is 0 Å². The molecule has 5 heteroatoms. The first kappa shape index (κ1) is 13.9. The Balaban J connectivity index is 0.00000112. The van der Waals surface area contributed by atoms with Crippen molar-refractivity contribution in [2.45, 2.75) is 3.52 Å². The van der Waals surface area contributed by atoms with Crippen LogP contribution in [0.2, 0.25) is 0 Å². The van der Waals surface area contributed by atoms with Gasteiger partial charge in [0.1, 0.15) is 16.7 Å². The molecule has 0 spiro atoms. The number of hydrogen-bond donors (Lipinski definition) is 0. The van der Waals surface area contributed by atoms with Crippen LogP contribution < -0.4 is 24.0 Å². The van der Waals surface area contributed by atoms with Crippen molar-refractivity contribution >= 4 is 50.4 Å². The van der Waals surface area contributed by atoms with Crippen LogP contribution in [-0.4, -0.2) is 6.26 Å². The van der Waals surface area contributed by atoms with Crippen LogP contribution >= 0.6 is 50.4 Å². The van der Waals surface area contributed by atoms with Gasteiger partial charge >= 0.3 is 3.52 Å².